The Bertz CT molecular complexity index is 1160. The highest BCUT2D eigenvalue weighted by atomic mass is 32.2. The Hall–Kier alpha value is -2.31. The topological polar surface area (TPSA) is 51.5 Å². The molecule has 0 radical (unpaired) electrons. The SMILES string of the molecule is CCOc1ccc2c(c1)c([C@@H]1CCN(C)C1)c1n2S(=O)(=O)c2ccccc2-1. The molecule has 0 bridgehead atoms. The highest BCUT2D eigenvalue weighted by molar-refractivity contribution is 7.90. The summed E-state index contributed by atoms with van der Waals surface area (Å²) in [7, 11) is -1.46. The van der Waals surface area contributed by atoms with Gasteiger partial charge in [-0.25, -0.2) is 12.4 Å². The number of aromatic nitrogens is 1. The van der Waals surface area contributed by atoms with Crippen LogP contribution in [0.1, 0.15) is 24.8 Å². The second-order valence-electron chi connectivity index (χ2n) is 7.39. The van der Waals surface area contributed by atoms with Crippen molar-refractivity contribution in [3.63, 3.8) is 0 Å². The lowest BCUT2D eigenvalue weighted by Gasteiger charge is -2.13. The summed E-state index contributed by atoms with van der Waals surface area (Å²) in [6.07, 6.45) is 1.03. The van der Waals surface area contributed by atoms with E-state index in [0.717, 1.165) is 53.0 Å². The minimum absolute atomic E-state index is 0.312. The molecule has 1 aromatic heterocycles. The van der Waals surface area contributed by atoms with Crippen LogP contribution in [0.5, 0.6) is 5.75 Å². The van der Waals surface area contributed by atoms with E-state index in [1.165, 1.54) is 0 Å². The predicted molar refractivity (Wildman–Crippen MR) is 106 cm³/mol. The summed E-state index contributed by atoms with van der Waals surface area (Å²) in [5.74, 6) is 1.10. The standard InChI is InChI=1S/C21H22N2O3S/c1-3-26-15-8-9-18-17(12-15)20(14-10-11-22(2)13-14)21-16-6-4-5-7-19(16)27(24,25)23(18)21/h4-9,12,14H,3,10-11,13H2,1-2H3/t14-/m1/s1. The van der Waals surface area contributed by atoms with Crippen molar-refractivity contribution in [1.82, 2.24) is 8.87 Å². The molecule has 1 saturated heterocycles. The zero-order chi connectivity index (χ0) is 18.8. The van der Waals surface area contributed by atoms with Gasteiger partial charge in [0.15, 0.2) is 0 Å². The van der Waals surface area contributed by atoms with Crippen LogP contribution in [-0.2, 0) is 10.0 Å². The van der Waals surface area contributed by atoms with Crippen molar-refractivity contribution in [3.05, 3.63) is 48.0 Å². The number of benzene rings is 2. The maximum Gasteiger partial charge on any atom is 0.269 e. The van der Waals surface area contributed by atoms with Crippen molar-refractivity contribution in [1.29, 1.82) is 0 Å². The maximum atomic E-state index is 13.3. The fourth-order valence-electron chi connectivity index (χ4n) is 4.60. The first-order chi connectivity index (χ1) is 13.0. The van der Waals surface area contributed by atoms with Crippen molar-refractivity contribution >= 4 is 20.9 Å². The van der Waals surface area contributed by atoms with Gasteiger partial charge < -0.3 is 9.64 Å². The van der Waals surface area contributed by atoms with Gasteiger partial charge in [-0.1, -0.05) is 18.2 Å². The van der Waals surface area contributed by atoms with Crippen LogP contribution in [0.25, 0.3) is 22.2 Å². The zero-order valence-electron chi connectivity index (χ0n) is 15.5. The van der Waals surface area contributed by atoms with Crippen molar-refractivity contribution in [2.75, 3.05) is 26.7 Å². The molecule has 0 unspecified atom stereocenters. The Kier molecular flexibility index (Phi) is 3.64. The highest BCUT2D eigenvalue weighted by Crippen LogP contribution is 2.49. The smallest absolute Gasteiger partial charge is 0.269 e. The first-order valence-electron chi connectivity index (χ1n) is 9.37. The fourth-order valence-corrected chi connectivity index (χ4v) is 6.34. The molecular formula is C21H22N2O3S. The molecule has 0 N–H and O–H groups in total. The highest BCUT2D eigenvalue weighted by Gasteiger charge is 2.39. The Morgan fingerprint density at radius 3 is 2.74 bits per heavy atom. The fraction of sp³-hybridized carbons (Fsp3) is 0.333. The van der Waals surface area contributed by atoms with Crippen molar-refractivity contribution in [3.8, 4) is 17.0 Å². The van der Waals surface area contributed by atoms with Gasteiger partial charge in [-0.15, -0.1) is 0 Å². The third kappa shape index (κ3) is 2.29. The molecule has 6 heteroatoms. The lowest BCUT2D eigenvalue weighted by Crippen LogP contribution is -2.13. The quantitative estimate of drug-likeness (QED) is 0.542. The zero-order valence-corrected chi connectivity index (χ0v) is 16.3. The molecule has 0 aliphatic carbocycles. The van der Waals surface area contributed by atoms with Crippen LogP contribution >= 0.6 is 0 Å². The molecule has 140 valence electrons. The first-order valence-corrected chi connectivity index (χ1v) is 10.8. The first kappa shape index (κ1) is 16.8. The third-order valence-corrected chi connectivity index (χ3v) is 7.48. The number of nitrogens with zero attached hydrogens (tertiary/aromatic N) is 2. The third-order valence-electron chi connectivity index (χ3n) is 5.71. The summed E-state index contributed by atoms with van der Waals surface area (Å²) in [5, 5.41) is 0.995. The molecule has 3 heterocycles. The van der Waals surface area contributed by atoms with Crippen LogP contribution in [0.3, 0.4) is 0 Å². The van der Waals surface area contributed by atoms with E-state index >= 15 is 0 Å². The van der Waals surface area contributed by atoms with Crippen molar-refractivity contribution in [2.24, 2.45) is 0 Å². The van der Waals surface area contributed by atoms with Gasteiger partial charge in [0, 0.05) is 23.4 Å². The minimum Gasteiger partial charge on any atom is -0.494 e. The van der Waals surface area contributed by atoms with Crippen LogP contribution in [0.4, 0.5) is 0 Å². The van der Waals surface area contributed by atoms with Crippen molar-refractivity contribution in [2.45, 2.75) is 24.2 Å². The summed E-state index contributed by atoms with van der Waals surface area (Å²) in [6.45, 7) is 4.50. The van der Waals surface area contributed by atoms with Gasteiger partial charge >= 0.3 is 0 Å². The molecule has 5 nitrogen and oxygen atoms in total. The molecule has 3 aromatic rings. The van der Waals surface area contributed by atoms with E-state index < -0.39 is 10.0 Å². The van der Waals surface area contributed by atoms with Gasteiger partial charge in [0.05, 0.1) is 22.7 Å². The van der Waals surface area contributed by atoms with E-state index in [1.807, 2.05) is 37.3 Å². The van der Waals surface area contributed by atoms with Gasteiger partial charge in [0.2, 0.25) is 0 Å². The van der Waals surface area contributed by atoms with E-state index in [4.69, 9.17) is 4.74 Å². The van der Waals surface area contributed by atoms with Crippen LogP contribution in [-0.4, -0.2) is 44.0 Å². The molecular weight excluding hydrogens is 360 g/mol. The molecule has 1 fully saturated rings. The second kappa shape index (κ2) is 5.84. The number of hydrogen-bond acceptors (Lipinski definition) is 4. The van der Waals surface area contributed by atoms with E-state index in [-0.39, 0.29) is 0 Å². The molecule has 0 saturated carbocycles. The van der Waals surface area contributed by atoms with Gasteiger partial charge in [-0.05, 0) is 56.8 Å². The summed E-state index contributed by atoms with van der Waals surface area (Å²) in [4.78, 5) is 2.71. The number of ether oxygens (including phenoxy) is 1. The molecule has 1 atom stereocenters. The Balaban J connectivity index is 1.88. The largest absolute Gasteiger partial charge is 0.494 e. The summed E-state index contributed by atoms with van der Waals surface area (Å²) < 4.78 is 33.9. The maximum absolute atomic E-state index is 13.3. The molecule has 2 aromatic carbocycles. The monoisotopic (exact) mass is 382 g/mol. The average molecular weight is 382 g/mol. The Morgan fingerprint density at radius 2 is 2.00 bits per heavy atom. The molecule has 0 spiro atoms. The van der Waals surface area contributed by atoms with E-state index in [0.29, 0.717) is 17.4 Å². The van der Waals surface area contributed by atoms with Gasteiger partial charge in [-0.3, -0.25) is 0 Å². The number of likely N-dealkylation sites (N-methyl/N-ethyl adjacent to an activating group) is 1. The van der Waals surface area contributed by atoms with Gasteiger partial charge in [0.25, 0.3) is 10.0 Å². The Morgan fingerprint density at radius 1 is 1.19 bits per heavy atom. The lowest BCUT2D eigenvalue weighted by molar-refractivity contribution is 0.340. The molecule has 2 aliphatic heterocycles. The number of hydrogen-bond donors (Lipinski definition) is 0. The van der Waals surface area contributed by atoms with Crippen LogP contribution in [0.15, 0.2) is 47.4 Å². The van der Waals surface area contributed by atoms with E-state index in [2.05, 4.69) is 11.9 Å². The van der Waals surface area contributed by atoms with Crippen LogP contribution in [0.2, 0.25) is 0 Å². The molecule has 27 heavy (non-hydrogen) atoms. The van der Waals surface area contributed by atoms with Gasteiger partial charge in [0.1, 0.15) is 5.75 Å². The summed E-state index contributed by atoms with van der Waals surface area (Å²) >= 11 is 0. The number of likely N-dealkylation sites (tertiary alicyclic amines) is 1. The molecule has 2 aliphatic rings. The van der Waals surface area contributed by atoms with Crippen molar-refractivity contribution < 1.29 is 13.2 Å². The number of rotatable bonds is 3. The molecule has 5 rings (SSSR count). The summed E-state index contributed by atoms with van der Waals surface area (Å²) in [6, 6.07) is 13.1. The van der Waals surface area contributed by atoms with E-state index in [9.17, 15) is 8.42 Å². The van der Waals surface area contributed by atoms with Crippen LogP contribution in [0, 0.1) is 0 Å². The van der Waals surface area contributed by atoms with E-state index in [1.54, 1.807) is 16.1 Å². The summed E-state index contributed by atoms with van der Waals surface area (Å²) in [5.41, 5.74) is 3.55. The van der Waals surface area contributed by atoms with Gasteiger partial charge in [-0.2, -0.15) is 0 Å². The normalized spacial score (nSPS) is 20.7. The van der Waals surface area contributed by atoms with Crippen LogP contribution < -0.4 is 4.74 Å². The average Bonchev–Trinajstić information content (AvgIpc) is 3.28. The predicted octanol–water partition coefficient (Wildman–Crippen LogP) is 3.68. The Labute approximate surface area is 159 Å². The lowest BCUT2D eigenvalue weighted by atomic mass is 9.92. The minimum atomic E-state index is -3.58. The second-order valence-corrected chi connectivity index (χ2v) is 9.14. The number of fused-ring (bicyclic) bond motifs is 5. The molecule has 0 amide bonds.